The second-order valence-corrected chi connectivity index (χ2v) is 6.48. The van der Waals surface area contributed by atoms with Crippen LogP contribution in [0.25, 0.3) is 0 Å². The summed E-state index contributed by atoms with van der Waals surface area (Å²) in [4.78, 5) is 35.3. The Morgan fingerprint density at radius 2 is 1.63 bits per heavy atom. The average molecular weight is 429 g/mol. The lowest BCUT2D eigenvalue weighted by atomic mass is 10.1. The van der Waals surface area contributed by atoms with Crippen LogP contribution < -0.4 is 20.9 Å². The number of thiocarbonyl (C=S) groups is 1. The summed E-state index contributed by atoms with van der Waals surface area (Å²) in [5.41, 5.74) is 6.22. The van der Waals surface area contributed by atoms with Crippen molar-refractivity contribution in [2.24, 2.45) is 0 Å². The van der Waals surface area contributed by atoms with E-state index in [0.29, 0.717) is 24.3 Å². The molecule has 0 unspecified atom stereocenters. The van der Waals surface area contributed by atoms with Crippen LogP contribution in [0.4, 0.5) is 0 Å². The number of carbonyl (C=O) groups excluding carboxylic acids is 3. The first-order chi connectivity index (χ1) is 14.5. The molecular weight excluding hydrogens is 406 g/mol. The molecule has 2 rings (SSSR count). The molecule has 0 aliphatic carbocycles. The van der Waals surface area contributed by atoms with Crippen molar-refractivity contribution in [2.75, 3.05) is 13.2 Å². The largest absolute Gasteiger partial charge is 0.484 e. The first-order valence-corrected chi connectivity index (χ1v) is 9.71. The van der Waals surface area contributed by atoms with E-state index < -0.39 is 11.9 Å². The first kappa shape index (κ1) is 22.8. The molecule has 9 heteroatoms. The van der Waals surface area contributed by atoms with Gasteiger partial charge in [-0.2, -0.15) is 0 Å². The van der Waals surface area contributed by atoms with Crippen LogP contribution in [0.2, 0.25) is 0 Å². The fourth-order valence-electron chi connectivity index (χ4n) is 2.34. The topological polar surface area (TPSA) is 106 Å². The van der Waals surface area contributed by atoms with Crippen LogP contribution in [-0.2, 0) is 20.7 Å². The van der Waals surface area contributed by atoms with E-state index in [-0.39, 0.29) is 24.0 Å². The summed E-state index contributed by atoms with van der Waals surface area (Å²) in [7, 11) is 0. The summed E-state index contributed by atoms with van der Waals surface area (Å²) in [6, 6.07) is 15.8. The fraction of sp³-hybridized carbons (Fsp3) is 0.238. The maximum Gasteiger partial charge on any atom is 0.338 e. The third-order valence-corrected chi connectivity index (χ3v) is 3.99. The summed E-state index contributed by atoms with van der Waals surface area (Å²) in [6.07, 6.45) is 0.856. The van der Waals surface area contributed by atoms with Gasteiger partial charge in [0.15, 0.2) is 11.7 Å². The van der Waals surface area contributed by atoms with Gasteiger partial charge < -0.3 is 14.8 Å². The van der Waals surface area contributed by atoms with Gasteiger partial charge in [0.1, 0.15) is 5.75 Å². The summed E-state index contributed by atoms with van der Waals surface area (Å²) in [6.45, 7) is 1.74. The lowest BCUT2D eigenvalue weighted by Crippen LogP contribution is -2.49. The van der Waals surface area contributed by atoms with Gasteiger partial charge in [0, 0.05) is 6.42 Å². The van der Waals surface area contributed by atoms with Gasteiger partial charge in [-0.15, -0.1) is 0 Å². The van der Waals surface area contributed by atoms with E-state index in [1.54, 1.807) is 31.2 Å². The number of ether oxygens (including phenoxy) is 2. The number of esters is 1. The molecule has 0 spiro atoms. The number of aryl methyl sites for hydroxylation is 1. The van der Waals surface area contributed by atoms with Gasteiger partial charge in [-0.3, -0.25) is 20.4 Å². The number of amides is 2. The van der Waals surface area contributed by atoms with Crippen LogP contribution in [0.3, 0.4) is 0 Å². The first-order valence-electron chi connectivity index (χ1n) is 9.30. The predicted molar refractivity (Wildman–Crippen MR) is 115 cm³/mol. The molecule has 0 saturated heterocycles. The van der Waals surface area contributed by atoms with E-state index in [0.717, 1.165) is 5.56 Å². The highest BCUT2D eigenvalue weighted by Crippen LogP contribution is 2.12. The lowest BCUT2D eigenvalue weighted by molar-refractivity contribution is -0.124. The standard InChI is InChI=1S/C21H23N3O5S/c1-2-28-20(27)16-9-11-17(12-10-16)29-14-19(26)23-24-21(30)22-18(25)13-8-15-6-4-3-5-7-15/h3-7,9-12H,2,8,13-14H2,1H3,(H,23,26)(H2,22,24,25,30). The summed E-state index contributed by atoms with van der Waals surface area (Å²) >= 11 is 4.97. The van der Waals surface area contributed by atoms with E-state index in [1.807, 2.05) is 30.3 Å². The van der Waals surface area contributed by atoms with E-state index in [2.05, 4.69) is 16.2 Å². The number of hydrogen-bond acceptors (Lipinski definition) is 6. The molecule has 158 valence electrons. The summed E-state index contributed by atoms with van der Waals surface area (Å²) in [5, 5.41) is 2.47. The molecule has 0 saturated carbocycles. The molecular formula is C21H23N3O5S. The minimum Gasteiger partial charge on any atom is -0.484 e. The van der Waals surface area contributed by atoms with Crippen LogP contribution in [0.1, 0.15) is 29.3 Å². The van der Waals surface area contributed by atoms with E-state index in [4.69, 9.17) is 21.7 Å². The molecule has 0 aliphatic heterocycles. The molecule has 2 aromatic rings. The number of carbonyl (C=O) groups is 3. The zero-order chi connectivity index (χ0) is 21.8. The van der Waals surface area contributed by atoms with Crippen molar-refractivity contribution in [1.29, 1.82) is 0 Å². The van der Waals surface area contributed by atoms with Crippen molar-refractivity contribution in [3.05, 3.63) is 65.7 Å². The van der Waals surface area contributed by atoms with Crippen molar-refractivity contribution in [2.45, 2.75) is 19.8 Å². The fourth-order valence-corrected chi connectivity index (χ4v) is 2.50. The quantitative estimate of drug-likeness (QED) is 0.334. The van der Waals surface area contributed by atoms with Crippen molar-refractivity contribution >= 4 is 35.1 Å². The minimum absolute atomic E-state index is 0.0137. The maximum atomic E-state index is 11.9. The molecule has 0 aliphatic rings. The lowest BCUT2D eigenvalue weighted by Gasteiger charge is -2.11. The normalized spacial score (nSPS) is 9.90. The van der Waals surface area contributed by atoms with Crippen LogP contribution in [0.15, 0.2) is 54.6 Å². The second-order valence-electron chi connectivity index (χ2n) is 6.07. The molecule has 2 aromatic carbocycles. The predicted octanol–water partition coefficient (Wildman–Crippen LogP) is 1.90. The molecule has 3 N–H and O–H groups in total. The van der Waals surface area contributed by atoms with Gasteiger partial charge in [0.05, 0.1) is 12.2 Å². The van der Waals surface area contributed by atoms with Crippen LogP contribution in [-0.4, -0.2) is 36.1 Å². The Bertz CT molecular complexity index is 872. The molecule has 0 aromatic heterocycles. The third-order valence-electron chi connectivity index (χ3n) is 3.79. The smallest absolute Gasteiger partial charge is 0.338 e. The molecule has 0 bridgehead atoms. The molecule has 2 amide bonds. The van der Waals surface area contributed by atoms with Gasteiger partial charge in [-0.1, -0.05) is 30.3 Å². The maximum absolute atomic E-state index is 11.9. The van der Waals surface area contributed by atoms with Gasteiger partial charge >= 0.3 is 5.97 Å². The Balaban J connectivity index is 1.64. The number of hydrogen-bond donors (Lipinski definition) is 3. The van der Waals surface area contributed by atoms with Gasteiger partial charge in [-0.25, -0.2) is 4.79 Å². The van der Waals surface area contributed by atoms with E-state index >= 15 is 0 Å². The zero-order valence-electron chi connectivity index (χ0n) is 16.5. The van der Waals surface area contributed by atoms with Gasteiger partial charge in [0.2, 0.25) is 5.91 Å². The Hall–Kier alpha value is -3.46. The molecule has 0 atom stereocenters. The highest BCUT2D eigenvalue weighted by atomic mass is 32.1. The molecule has 8 nitrogen and oxygen atoms in total. The van der Waals surface area contributed by atoms with Crippen LogP contribution in [0.5, 0.6) is 5.75 Å². The number of hydrazine groups is 1. The highest BCUT2D eigenvalue weighted by molar-refractivity contribution is 7.80. The van der Waals surface area contributed by atoms with Crippen LogP contribution >= 0.6 is 12.2 Å². The number of nitrogens with one attached hydrogen (secondary N) is 3. The monoisotopic (exact) mass is 429 g/mol. The second kappa shape index (κ2) is 12.2. The number of rotatable bonds is 8. The van der Waals surface area contributed by atoms with Gasteiger partial charge in [-0.05, 0) is 55.4 Å². The van der Waals surface area contributed by atoms with Crippen LogP contribution in [0, 0.1) is 0 Å². The highest BCUT2D eigenvalue weighted by Gasteiger charge is 2.09. The molecule has 0 radical (unpaired) electrons. The summed E-state index contributed by atoms with van der Waals surface area (Å²) in [5.74, 6) is -0.769. The molecule has 0 fully saturated rings. The Kier molecular flexibility index (Phi) is 9.26. The van der Waals surface area contributed by atoms with Crippen molar-refractivity contribution in [1.82, 2.24) is 16.2 Å². The SMILES string of the molecule is CCOC(=O)c1ccc(OCC(=O)NNC(=S)NC(=O)CCc2ccccc2)cc1. The summed E-state index contributed by atoms with van der Waals surface area (Å²) < 4.78 is 10.2. The zero-order valence-corrected chi connectivity index (χ0v) is 17.3. The minimum atomic E-state index is -0.495. The Morgan fingerprint density at radius 1 is 0.933 bits per heavy atom. The third kappa shape index (κ3) is 8.27. The Labute approximate surface area is 179 Å². The van der Waals surface area contributed by atoms with Crippen molar-refractivity contribution in [3.63, 3.8) is 0 Å². The van der Waals surface area contributed by atoms with Gasteiger partial charge in [0.25, 0.3) is 5.91 Å². The molecule has 30 heavy (non-hydrogen) atoms. The average Bonchev–Trinajstić information content (AvgIpc) is 2.76. The van der Waals surface area contributed by atoms with Crippen molar-refractivity contribution < 1.29 is 23.9 Å². The molecule has 0 heterocycles. The van der Waals surface area contributed by atoms with E-state index in [1.165, 1.54) is 0 Å². The Morgan fingerprint density at radius 3 is 2.30 bits per heavy atom. The van der Waals surface area contributed by atoms with Crippen molar-refractivity contribution in [3.8, 4) is 5.75 Å². The number of benzene rings is 2. The van der Waals surface area contributed by atoms with E-state index in [9.17, 15) is 14.4 Å².